The molecule has 0 saturated heterocycles. The predicted molar refractivity (Wildman–Crippen MR) is 92.3 cm³/mol. The number of aliphatic carboxylic acids is 1. The fraction of sp³-hybridized carbons (Fsp3) is 0.278. The van der Waals surface area contributed by atoms with Crippen LogP contribution in [0.25, 0.3) is 0 Å². The van der Waals surface area contributed by atoms with E-state index < -0.39 is 5.97 Å². The number of carbonyl (C=O) groups is 1. The molecule has 0 saturated carbocycles. The zero-order valence-corrected chi connectivity index (χ0v) is 14.5. The summed E-state index contributed by atoms with van der Waals surface area (Å²) < 4.78 is 12.1. The molecule has 0 bridgehead atoms. The molecular formula is C18H19BrO4. The van der Waals surface area contributed by atoms with Crippen LogP contribution in [0, 0.1) is 0 Å². The van der Waals surface area contributed by atoms with E-state index >= 15 is 0 Å². The van der Waals surface area contributed by atoms with E-state index in [4.69, 9.17) is 14.6 Å². The fourth-order valence-electron chi connectivity index (χ4n) is 2.28. The molecule has 2 rings (SSSR count). The molecular weight excluding hydrogens is 360 g/mol. The lowest BCUT2D eigenvalue weighted by atomic mass is 10.1. The number of halogens is 1. The average Bonchev–Trinajstić information content (AvgIpc) is 2.55. The second-order valence-electron chi connectivity index (χ2n) is 5.07. The number of methoxy groups -OCH3 is 1. The molecule has 0 heterocycles. The number of hydrogen-bond acceptors (Lipinski definition) is 3. The zero-order valence-electron chi connectivity index (χ0n) is 12.9. The van der Waals surface area contributed by atoms with Gasteiger partial charge in [-0.2, -0.15) is 0 Å². The van der Waals surface area contributed by atoms with E-state index in [1.807, 2.05) is 42.5 Å². The van der Waals surface area contributed by atoms with E-state index in [0.29, 0.717) is 24.5 Å². The van der Waals surface area contributed by atoms with E-state index in [2.05, 4.69) is 15.9 Å². The molecule has 23 heavy (non-hydrogen) atoms. The quantitative estimate of drug-likeness (QED) is 0.751. The van der Waals surface area contributed by atoms with Gasteiger partial charge in [0.05, 0.1) is 13.7 Å². The van der Waals surface area contributed by atoms with Crippen molar-refractivity contribution < 1.29 is 19.4 Å². The van der Waals surface area contributed by atoms with Crippen molar-refractivity contribution in [1.82, 2.24) is 0 Å². The van der Waals surface area contributed by atoms with Crippen LogP contribution < -0.4 is 9.47 Å². The summed E-state index contributed by atoms with van der Waals surface area (Å²) >= 11 is 3.42. The number of aryl methyl sites for hydroxylation is 1. The lowest BCUT2D eigenvalue weighted by Gasteiger charge is -2.15. The molecule has 4 nitrogen and oxygen atoms in total. The molecule has 5 heteroatoms. The number of benzene rings is 2. The first-order valence-electron chi connectivity index (χ1n) is 7.35. The monoisotopic (exact) mass is 378 g/mol. The van der Waals surface area contributed by atoms with Crippen molar-refractivity contribution in [1.29, 1.82) is 0 Å². The first-order valence-corrected chi connectivity index (χ1v) is 8.14. The van der Waals surface area contributed by atoms with E-state index in [1.165, 1.54) is 5.56 Å². The van der Waals surface area contributed by atoms with Crippen LogP contribution in [0.2, 0.25) is 0 Å². The van der Waals surface area contributed by atoms with Gasteiger partial charge in [0.2, 0.25) is 0 Å². The van der Waals surface area contributed by atoms with Gasteiger partial charge in [0.25, 0.3) is 0 Å². The SMILES string of the molecule is COc1cc(Br)cc(CCC(=O)O)c1OCCc1ccccc1. The minimum Gasteiger partial charge on any atom is -0.493 e. The van der Waals surface area contributed by atoms with Crippen LogP contribution in [0.4, 0.5) is 0 Å². The number of ether oxygens (including phenoxy) is 2. The molecule has 0 aliphatic rings. The van der Waals surface area contributed by atoms with Crippen molar-refractivity contribution in [2.24, 2.45) is 0 Å². The summed E-state index contributed by atoms with van der Waals surface area (Å²) in [7, 11) is 1.58. The zero-order chi connectivity index (χ0) is 16.7. The maximum absolute atomic E-state index is 10.8. The highest BCUT2D eigenvalue weighted by molar-refractivity contribution is 9.10. The van der Waals surface area contributed by atoms with E-state index in [1.54, 1.807) is 7.11 Å². The van der Waals surface area contributed by atoms with Crippen LogP contribution in [0.5, 0.6) is 11.5 Å². The second-order valence-corrected chi connectivity index (χ2v) is 5.99. The Morgan fingerprint density at radius 1 is 1.17 bits per heavy atom. The highest BCUT2D eigenvalue weighted by Crippen LogP contribution is 2.35. The molecule has 0 atom stereocenters. The van der Waals surface area contributed by atoms with Gasteiger partial charge in [-0.1, -0.05) is 46.3 Å². The molecule has 0 aliphatic carbocycles. The minimum absolute atomic E-state index is 0.0503. The van der Waals surface area contributed by atoms with Gasteiger partial charge in [-0.25, -0.2) is 0 Å². The molecule has 122 valence electrons. The van der Waals surface area contributed by atoms with Gasteiger partial charge in [0.1, 0.15) is 0 Å². The summed E-state index contributed by atoms with van der Waals surface area (Å²) in [4.78, 5) is 10.8. The molecule has 0 radical (unpaired) electrons. The molecule has 0 unspecified atom stereocenters. The second kappa shape index (κ2) is 8.58. The maximum Gasteiger partial charge on any atom is 0.303 e. The third kappa shape index (κ3) is 5.28. The summed E-state index contributed by atoms with van der Waals surface area (Å²) in [6.07, 6.45) is 1.22. The minimum atomic E-state index is -0.834. The number of carboxylic acids is 1. The predicted octanol–water partition coefficient (Wildman–Crippen LogP) is 4.10. The van der Waals surface area contributed by atoms with Crippen LogP contribution in [-0.4, -0.2) is 24.8 Å². The van der Waals surface area contributed by atoms with E-state index in [9.17, 15) is 4.79 Å². The van der Waals surface area contributed by atoms with Gasteiger partial charge >= 0.3 is 5.97 Å². The Labute approximate surface area is 144 Å². The van der Waals surface area contributed by atoms with Gasteiger partial charge in [-0.15, -0.1) is 0 Å². The molecule has 0 fully saturated rings. The molecule has 1 N–H and O–H groups in total. The van der Waals surface area contributed by atoms with Crippen molar-refractivity contribution in [3.63, 3.8) is 0 Å². The van der Waals surface area contributed by atoms with Crippen molar-refractivity contribution >= 4 is 21.9 Å². The van der Waals surface area contributed by atoms with Crippen LogP contribution in [-0.2, 0) is 17.6 Å². The standard InChI is InChI=1S/C18H19BrO4/c1-22-16-12-15(19)11-14(7-8-17(20)21)18(16)23-10-9-13-5-3-2-4-6-13/h2-6,11-12H,7-10H2,1H3,(H,20,21). The third-order valence-corrected chi connectivity index (χ3v) is 3.86. The van der Waals surface area contributed by atoms with Crippen molar-refractivity contribution in [2.45, 2.75) is 19.3 Å². The average molecular weight is 379 g/mol. The highest BCUT2D eigenvalue weighted by atomic mass is 79.9. The topological polar surface area (TPSA) is 55.8 Å². The van der Waals surface area contributed by atoms with Crippen molar-refractivity contribution in [2.75, 3.05) is 13.7 Å². The number of rotatable bonds is 8. The molecule has 0 aliphatic heterocycles. The van der Waals surface area contributed by atoms with Crippen molar-refractivity contribution in [3.05, 3.63) is 58.1 Å². The Morgan fingerprint density at radius 3 is 2.57 bits per heavy atom. The van der Waals surface area contributed by atoms with Gasteiger partial charge in [0.15, 0.2) is 11.5 Å². The normalized spacial score (nSPS) is 10.3. The molecule has 0 spiro atoms. The molecule has 2 aromatic carbocycles. The van der Waals surface area contributed by atoms with Gasteiger partial charge in [-0.05, 0) is 29.7 Å². The Kier molecular flexibility index (Phi) is 6.47. The summed E-state index contributed by atoms with van der Waals surface area (Å²) in [5.41, 5.74) is 2.02. The summed E-state index contributed by atoms with van der Waals surface area (Å²) in [5, 5.41) is 8.90. The number of hydrogen-bond donors (Lipinski definition) is 1. The fourth-order valence-corrected chi connectivity index (χ4v) is 2.77. The van der Waals surface area contributed by atoms with Gasteiger partial charge in [0, 0.05) is 17.3 Å². The Balaban J connectivity index is 2.12. The summed E-state index contributed by atoms with van der Waals surface area (Å²) in [6.45, 7) is 0.502. The molecule has 2 aromatic rings. The van der Waals surface area contributed by atoms with Gasteiger partial charge < -0.3 is 14.6 Å². The first-order chi connectivity index (χ1) is 11.1. The Hall–Kier alpha value is -2.01. The van der Waals surface area contributed by atoms with Crippen molar-refractivity contribution in [3.8, 4) is 11.5 Å². The molecule has 0 aromatic heterocycles. The lowest BCUT2D eigenvalue weighted by Crippen LogP contribution is -2.06. The van der Waals surface area contributed by atoms with Crippen LogP contribution >= 0.6 is 15.9 Å². The third-order valence-electron chi connectivity index (χ3n) is 3.40. The Bertz CT molecular complexity index is 656. The Morgan fingerprint density at radius 2 is 1.91 bits per heavy atom. The highest BCUT2D eigenvalue weighted by Gasteiger charge is 2.14. The van der Waals surface area contributed by atoms with Crippen LogP contribution in [0.3, 0.4) is 0 Å². The van der Waals surface area contributed by atoms with Crippen LogP contribution in [0.1, 0.15) is 17.5 Å². The first kappa shape index (κ1) is 17.3. The maximum atomic E-state index is 10.8. The van der Waals surface area contributed by atoms with E-state index in [0.717, 1.165) is 16.5 Å². The van der Waals surface area contributed by atoms with Gasteiger partial charge in [-0.3, -0.25) is 4.79 Å². The smallest absolute Gasteiger partial charge is 0.303 e. The molecule has 0 amide bonds. The number of carboxylic acid groups (broad SMARTS) is 1. The van der Waals surface area contributed by atoms with Crippen LogP contribution in [0.15, 0.2) is 46.9 Å². The lowest BCUT2D eigenvalue weighted by molar-refractivity contribution is -0.136. The summed E-state index contributed by atoms with van der Waals surface area (Å²) in [6, 6.07) is 13.8. The van der Waals surface area contributed by atoms with E-state index in [-0.39, 0.29) is 6.42 Å². The summed E-state index contributed by atoms with van der Waals surface area (Å²) in [5.74, 6) is 0.389. The largest absolute Gasteiger partial charge is 0.493 e.